The van der Waals surface area contributed by atoms with Gasteiger partial charge in [-0.1, -0.05) is 36.4 Å². The van der Waals surface area contributed by atoms with Crippen LogP contribution in [-0.2, 0) is 21.8 Å². The number of ether oxygens (including phenoxy) is 1. The molecule has 1 saturated heterocycles. The largest absolute Gasteiger partial charge is 0.380 e. The lowest BCUT2D eigenvalue weighted by molar-refractivity contribution is -0.230. The van der Waals surface area contributed by atoms with Crippen molar-refractivity contribution >= 4 is 55.3 Å². The number of benzene rings is 3. The van der Waals surface area contributed by atoms with Gasteiger partial charge in [-0.25, -0.2) is 0 Å². The highest BCUT2D eigenvalue weighted by molar-refractivity contribution is 6.31. The van der Waals surface area contributed by atoms with E-state index < -0.39 is 18.1 Å². The number of nitrogens with one attached hydrogen (secondary N) is 1. The third-order valence-electron chi connectivity index (χ3n) is 7.81. The topological polar surface area (TPSA) is 85.5 Å². The Morgan fingerprint density at radius 1 is 1.00 bits per heavy atom. The summed E-state index contributed by atoms with van der Waals surface area (Å²) in [5, 5.41) is 18.0. The number of para-hydroxylation sites is 2. The molecule has 2 N–H and O–H groups in total. The van der Waals surface area contributed by atoms with Gasteiger partial charge in [-0.3, -0.25) is 9.59 Å². The van der Waals surface area contributed by atoms with Gasteiger partial charge in [-0.15, -0.1) is 0 Å². The van der Waals surface area contributed by atoms with E-state index in [9.17, 15) is 14.7 Å². The minimum Gasteiger partial charge on any atom is -0.380 e. The molecule has 8 rings (SSSR count). The van der Waals surface area contributed by atoms with E-state index in [2.05, 4.69) is 9.88 Å². The molecule has 3 aromatic carbocycles. The summed E-state index contributed by atoms with van der Waals surface area (Å²) in [5.74, 6) is -0.328. The fourth-order valence-corrected chi connectivity index (χ4v) is 6.52. The molecule has 5 aromatic rings. The first-order chi connectivity index (χ1) is 16.0. The summed E-state index contributed by atoms with van der Waals surface area (Å²) in [6.45, 7) is 2.24. The molecule has 1 fully saturated rings. The van der Waals surface area contributed by atoms with Crippen LogP contribution in [0.3, 0.4) is 0 Å². The highest BCUT2D eigenvalue weighted by atomic mass is 16.6. The molecule has 5 heterocycles. The maximum Gasteiger partial charge on any atom is 0.252 e. The average molecular weight is 437 g/mol. The van der Waals surface area contributed by atoms with E-state index in [-0.39, 0.29) is 18.1 Å². The van der Waals surface area contributed by atoms with Crippen LogP contribution in [0.2, 0.25) is 0 Å². The maximum absolute atomic E-state index is 13.2. The van der Waals surface area contributed by atoms with Crippen LogP contribution in [0.25, 0.3) is 43.6 Å². The Morgan fingerprint density at radius 3 is 2.48 bits per heavy atom. The van der Waals surface area contributed by atoms with Crippen molar-refractivity contribution in [2.75, 3.05) is 0 Å². The van der Waals surface area contributed by atoms with Gasteiger partial charge in [0.2, 0.25) is 0 Å². The zero-order valence-electron chi connectivity index (χ0n) is 17.8. The van der Waals surface area contributed by atoms with Crippen molar-refractivity contribution in [1.82, 2.24) is 14.5 Å². The number of rotatable bonds is 0. The summed E-state index contributed by atoms with van der Waals surface area (Å²) >= 11 is 0. The molecule has 0 aliphatic carbocycles. The van der Waals surface area contributed by atoms with Gasteiger partial charge in [-0.05, 0) is 24.6 Å². The minimum atomic E-state index is -1.30. The maximum atomic E-state index is 13.2. The molecule has 0 saturated carbocycles. The van der Waals surface area contributed by atoms with Crippen LogP contribution >= 0.6 is 0 Å². The monoisotopic (exact) mass is 437 g/mol. The molecule has 0 spiro atoms. The van der Waals surface area contributed by atoms with Crippen molar-refractivity contribution in [3.8, 4) is 0 Å². The molecule has 1 amide bonds. The molecule has 2 bridgehead atoms. The van der Waals surface area contributed by atoms with Crippen LogP contribution < -0.4 is 5.32 Å². The number of carbonyl (C=O) groups is 2. The quantitative estimate of drug-likeness (QED) is 0.387. The van der Waals surface area contributed by atoms with E-state index in [0.717, 1.165) is 49.2 Å². The number of fused-ring (bicyclic) bond motifs is 13. The normalized spacial score (nSPS) is 26.0. The second-order valence-corrected chi connectivity index (χ2v) is 9.42. The summed E-state index contributed by atoms with van der Waals surface area (Å²) in [6, 6.07) is 15.9. The van der Waals surface area contributed by atoms with Crippen LogP contribution in [-0.4, -0.2) is 32.0 Å². The lowest BCUT2D eigenvalue weighted by Crippen LogP contribution is -2.53. The SMILES string of the molecule is C[C@]12O[C@@H](CC(=O)[C@H]1O)n1c3ccccc3c3c4c(c5c6ccccc6n2c5c31)CNC4=O. The van der Waals surface area contributed by atoms with Gasteiger partial charge in [0.1, 0.15) is 6.23 Å². The Kier molecular flexibility index (Phi) is 2.94. The van der Waals surface area contributed by atoms with E-state index in [1.54, 1.807) is 6.92 Å². The first kappa shape index (κ1) is 17.8. The van der Waals surface area contributed by atoms with Crippen LogP contribution in [0.1, 0.15) is 35.5 Å². The number of aliphatic hydroxyl groups excluding tert-OH is 1. The summed E-state index contributed by atoms with van der Waals surface area (Å²) in [5.41, 5.74) is 3.95. The molecule has 7 nitrogen and oxygen atoms in total. The molecule has 3 aliphatic rings. The van der Waals surface area contributed by atoms with E-state index in [4.69, 9.17) is 4.74 Å². The van der Waals surface area contributed by atoms with Crippen LogP contribution in [0.15, 0.2) is 48.5 Å². The van der Waals surface area contributed by atoms with Gasteiger partial charge < -0.3 is 24.3 Å². The molecule has 162 valence electrons. The number of amides is 1. The summed E-state index contributed by atoms with van der Waals surface area (Å²) in [7, 11) is 0. The van der Waals surface area contributed by atoms with Gasteiger partial charge in [0.25, 0.3) is 5.91 Å². The predicted octanol–water partition coefficient (Wildman–Crippen LogP) is 3.68. The number of ketones is 1. The molecule has 0 radical (unpaired) electrons. The number of aliphatic hydroxyl groups is 1. The number of Topliss-reactive ketones (excluding diaryl/α,β-unsaturated/α-hetero) is 1. The van der Waals surface area contributed by atoms with Crippen molar-refractivity contribution in [3.05, 3.63) is 59.7 Å². The Balaban J connectivity index is 1.78. The third-order valence-corrected chi connectivity index (χ3v) is 7.81. The molecular weight excluding hydrogens is 418 g/mol. The van der Waals surface area contributed by atoms with Crippen molar-refractivity contribution in [1.29, 1.82) is 0 Å². The first-order valence-electron chi connectivity index (χ1n) is 11.2. The number of hydrogen-bond acceptors (Lipinski definition) is 4. The second-order valence-electron chi connectivity index (χ2n) is 9.42. The predicted molar refractivity (Wildman–Crippen MR) is 123 cm³/mol. The molecule has 3 aliphatic heterocycles. The highest BCUT2D eigenvalue weighted by Crippen LogP contribution is 2.52. The van der Waals surface area contributed by atoms with E-state index in [0.29, 0.717) is 12.1 Å². The van der Waals surface area contributed by atoms with Gasteiger partial charge >= 0.3 is 0 Å². The zero-order chi connectivity index (χ0) is 22.2. The van der Waals surface area contributed by atoms with Gasteiger partial charge in [0.05, 0.1) is 34.1 Å². The van der Waals surface area contributed by atoms with Gasteiger partial charge in [0, 0.05) is 28.1 Å². The van der Waals surface area contributed by atoms with Crippen molar-refractivity contribution in [3.63, 3.8) is 0 Å². The van der Waals surface area contributed by atoms with Crippen molar-refractivity contribution in [2.24, 2.45) is 0 Å². The summed E-state index contributed by atoms with van der Waals surface area (Å²) in [4.78, 5) is 26.3. The summed E-state index contributed by atoms with van der Waals surface area (Å²) in [6.07, 6.45) is -1.82. The zero-order valence-corrected chi connectivity index (χ0v) is 17.8. The molecular formula is C26H19N3O4. The summed E-state index contributed by atoms with van der Waals surface area (Å²) < 4.78 is 10.7. The van der Waals surface area contributed by atoms with E-state index in [1.165, 1.54) is 0 Å². The Hall–Kier alpha value is -3.68. The lowest BCUT2D eigenvalue weighted by atomic mass is 9.96. The van der Waals surface area contributed by atoms with Gasteiger partial charge in [-0.2, -0.15) is 0 Å². The lowest BCUT2D eigenvalue weighted by Gasteiger charge is -2.42. The number of aromatic nitrogens is 2. The molecule has 7 heteroatoms. The van der Waals surface area contributed by atoms with E-state index >= 15 is 0 Å². The highest BCUT2D eigenvalue weighted by Gasteiger charge is 2.52. The minimum absolute atomic E-state index is 0.0675. The molecule has 0 unspecified atom stereocenters. The fraction of sp³-hybridized carbons (Fsp3) is 0.231. The van der Waals surface area contributed by atoms with E-state index in [1.807, 2.05) is 53.1 Å². The number of hydrogen-bond donors (Lipinski definition) is 2. The van der Waals surface area contributed by atoms with Gasteiger partial charge in [0.15, 0.2) is 17.6 Å². The van der Waals surface area contributed by atoms with Crippen LogP contribution in [0.4, 0.5) is 0 Å². The molecule has 33 heavy (non-hydrogen) atoms. The smallest absolute Gasteiger partial charge is 0.252 e. The second kappa shape index (κ2) is 5.44. The fourth-order valence-electron chi connectivity index (χ4n) is 6.52. The molecule has 3 atom stereocenters. The van der Waals surface area contributed by atoms with Crippen LogP contribution in [0.5, 0.6) is 0 Å². The van der Waals surface area contributed by atoms with Crippen molar-refractivity contribution < 1.29 is 19.4 Å². The number of carbonyl (C=O) groups excluding carboxylic acids is 2. The average Bonchev–Trinajstić information content (AvgIpc) is 3.45. The Bertz CT molecular complexity index is 1760. The standard InChI is InChI=1S/C26H19N3O4/c1-26-24(31)17(30)10-18(33-26)28-15-8-4-2-6-12(15)20-21-14(11-27-25(21)32)19-13-7-3-5-9-16(13)29(26)23(19)22(20)28/h2-9,18,24,31H,10-11H2,1H3,(H,27,32)/t18-,24+,26-/m0/s1. The molecule has 2 aromatic heterocycles. The van der Waals surface area contributed by atoms with Crippen molar-refractivity contribution in [2.45, 2.75) is 37.9 Å². The Labute approximate surface area is 187 Å². The number of nitrogens with zero attached hydrogens (tertiary/aromatic N) is 2. The first-order valence-corrected chi connectivity index (χ1v) is 11.2. The Morgan fingerprint density at radius 2 is 1.70 bits per heavy atom. The van der Waals surface area contributed by atoms with Crippen LogP contribution in [0, 0.1) is 0 Å². The third kappa shape index (κ3) is 1.80.